The average Bonchev–Trinajstić information content (AvgIpc) is 2.51. The van der Waals surface area contributed by atoms with Crippen LogP contribution in [0.25, 0.3) is 0 Å². The minimum atomic E-state index is -0.296. The highest BCUT2D eigenvalue weighted by atomic mass is 16.3. The van der Waals surface area contributed by atoms with Gasteiger partial charge in [-0.1, -0.05) is 32.0 Å². The fourth-order valence-corrected chi connectivity index (χ4v) is 2.61. The molecule has 0 saturated carbocycles. The Morgan fingerprint density at radius 3 is 2.72 bits per heavy atom. The molecule has 1 aliphatic rings. The van der Waals surface area contributed by atoms with Gasteiger partial charge in [-0.25, -0.2) is 0 Å². The fourth-order valence-electron chi connectivity index (χ4n) is 2.61. The molecule has 0 aromatic heterocycles. The number of rotatable bonds is 2. The lowest BCUT2D eigenvalue weighted by Crippen LogP contribution is -2.39. The number of hydrogen-bond donors (Lipinski definition) is 2. The molecule has 1 aromatic carbocycles. The Morgan fingerprint density at radius 2 is 2.00 bits per heavy atom. The maximum atomic E-state index is 9.96. The van der Waals surface area contributed by atoms with Gasteiger partial charge in [-0.2, -0.15) is 0 Å². The van der Waals surface area contributed by atoms with Crippen LogP contribution in [-0.2, 0) is 0 Å². The molecule has 1 saturated heterocycles. The van der Waals surface area contributed by atoms with Crippen LogP contribution in [0.5, 0.6) is 0 Å². The lowest BCUT2D eigenvalue weighted by atomic mass is 9.99. The summed E-state index contributed by atoms with van der Waals surface area (Å²) in [7, 11) is 0. The zero-order valence-electron chi connectivity index (χ0n) is 11.6. The van der Waals surface area contributed by atoms with Crippen molar-refractivity contribution in [2.24, 2.45) is 0 Å². The quantitative estimate of drug-likeness (QED) is 0.840. The summed E-state index contributed by atoms with van der Waals surface area (Å²) in [6.45, 7) is 8.96. The highest BCUT2D eigenvalue weighted by Crippen LogP contribution is 2.29. The summed E-state index contributed by atoms with van der Waals surface area (Å²) in [5.74, 6) is 0.502. The molecule has 1 heterocycles. The molecule has 2 N–H and O–H groups in total. The van der Waals surface area contributed by atoms with E-state index in [9.17, 15) is 5.11 Å². The van der Waals surface area contributed by atoms with E-state index in [0.29, 0.717) is 25.0 Å². The van der Waals surface area contributed by atoms with E-state index in [-0.39, 0.29) is 6.10 Å². The van der Waals surface area contributed by atoms with Crippen molar-refractivity contribution in [3.63, 3.8) is 0 Å². The van der Waals surface area contributed by atoms with Gasteiger partial charge in [-0.15, -0.1) is 0 Å². The number of hydrogen-bond acceptors (Lipinski definition) is 3. The standard InChI is InChI=1S/C15H24N2O/c1-11(2)14-6-4-5-7-15(14)17-10-13(18)9-16-8-12(17)3/h4-7,11-13,16,18H,8-10H2,1-3H3. The van der Waals surface area contributed by atoms with Crippen LogP contribution in [0, 0.1) is 0 Å². The minimum absolute atomic E-state index is 0.296. The van der Waals surface area contributed by atoms with Crippen molar-refractivity contribution in [1.29, 1.82) is 0 Å². The van der Waals surface area contributed by atoms with E-state index >= 15 is 0 Å². The molecule has 2 rings (SSSR count). The third-order valence-electron chi connectivity index (χ3n) is 3.63. The van der Waals surface area contributed by atoms with E-state index in [1.807, 2.05) is 0 Å². The number of aliphatic hydroxyl groups is 1. The average molecular weight is 248 g/mol. The molecule has 100 valence electrons. The van der Waals surface area contributed by atoms with Crippen LogP contribution < -0.4 is 10.2 Å². The number of β-amino-alcohol motifs (C(OH)–C–C–N with tert-alkyl or cyclic N) is 1. The fraction of sp³-hybridized carbons (Fsp3) is 0.600. The van der Waals surface area contributed by atoms with E-state index in [4.69, 9.17) is 0 Å². The smallest absolute Gasteiger partial charge is 0.0839 e. The van der Waals surface area contributed by atoms with E-state index in [2.05, 4.69) is 55.3 Å². The molecule has 1 fully saturated rings. The monoisotopic (exact) mass is 248 g/mol. The van der Waals surface area contributed by atoms with Crippen LogP contribution in [0.3, 0.4) is 0 Å². The van der Waals surface area contributed by atoms with Gasteiger partial charge in [0.2, 0.25) is 0 Å². The highest BCUT2D eigenvalue weighted by molar-refractivity contribution is 5.56. The molecule has 3 heteroatoms. The number of para-hydroxylation sites is 1. The first-order valence-corrected chi connectivity index (χ1v) is 6.84. The first kappa shape index (κ1) is 13.4. The van der Waals surface area contributed by atoms with Crippen molar-refractivity contribution >= 4 is 5.69 Å². The van der Waals surface area contributed by atoms with Gasteiger partial charge in [0, 0.05) is 31.4 Å². The SMILES string of the molecule is CC(C)c1ccccc1N1CC(O)CNCC1C. The largest absolute Gasteiger partial charge is 0.390 e. The summed E-state index contributed by atoms with van der Waals surface area (Å²) < 4.78 is 0. The maximum Gasteiger partial charge on any atom is 0.0839 e. The van der Waals surface area contributed by atoms with Gasteiger partial charge in [0.15, 0.2) is 0 Å². The zero-order valence-corrected chi connectivity index (χ0v) is 11.6. The van der Waals surface area contributed by atoms with Crippen LogP contribution in [-0.4, -0.2) is 36.9 Å². The van der Waals surface area contributed by atoms with Crippen LogP contribution in [0.4, 0.5) is 5.69 Å². The van der Waals surface area contributed by atoms with Crippen LogP contribution in [0.1, 0.15) is 32.3 Å². The van der Waals surface area contributed by atoms with Gasteiger partial charge < -0.3 is 15.3 Å². The molecular weight excluding hydrogens is 224 g/mol. The Labute approximate surface area is 110 Å². The van der Waals surface area contributed by atoms with Crippen molar-refractivity contribution in [3.8, 4) is 0 Å². The molecule has 0 aliphatic carbocycles. The summed E-state index contributed by atoms with van der Waals surface area (Å²) in [4.78, 5) is 2.33. The molecule has 1 aromatic rings. The second-order valence-electron chi connectivity index (χ2n) is 5.53. The molecular formula is C15H24N2O. The normalized spacial score (nSPS) is 25.3. The second kappa shape index (κ2) is 5.72. The number of nitrogens with one attached hydrogen (secondary N) is 1. The number of anilines is 1. The van der Waals surface area contributed by atoms with Gasteiger partial charge in [0.1, 0.15) is 0 Å². The minimum Gasteiger partial charge on any atom is -0.390 e. The molecule has 2 unspecified atom stereocenters. The number of nitrogens with zero attached hydrogens (tertiary/aromatic N) is 1. The van der Waals surface area contributed by atoms with E-state index in [1.54, 1.807) is 0 Å². The molecule has 0 radical (unpaired) electrons. The summed E-state index contributed by atoms with van der Waals surface area (Å²) in [6, 6.07) is 8.94. The highest BCUT2D eigenvalue weighted by Gasteiger charge is 2.23. The summed E-state index contributed by atoms with van der Waals surface area (Å²) >= 11 is 0. The van der Waals surface area contributed by atoms with Gasteiger partial charge in [0.25, 0.3) is 0 Å². The topological polar surface area (TPSA) is 35.5 Å². The van der Waals surface area contributed by atoms with Crippen molar-refractivity contribution < 1.29 is 5.11 Å². The lowest BCUT2D eigenvalue weighted by molar-refractivity contribution is 0.184. The first-order chi connectivity index (χ1) is 8.59. The van der Waals surface area contributed by atoms with Gasteiger partial charge in [-0.3, -0.25) is 0 Å². The van der Waals surface area contributed by atoms with E-state index < -0.39 is 0 Å². The Hall–Kier alpha value is -1.06. The summed E-state index contributed by atoms with van der Waals surface area (Å²) in [6.07, 6.45) is -0.296. The van der Waals surface area contributed by atoms with Crippen LogP contribution in [0.2, 0.25) is 0 Å². The van der Waals surface area contributed by atoms with Crippen LogP contribution >= 0.6 is 0 Å². The van der Waals surface area contributed by atoms with Crippen molar-refractivity contribution in [3.05, 3.63) is 29.8 Å². The first-order valence-electron chi connectivity index (χ1n) is 6.84. The van der Waals surface area contributed by atoms with E-state index in [0.717, 1.165) is 6.54 Å². The Bertz CT molecular complexity index is 392. The van der Waals surface area contributed by atoms with Gasteiger partial charge in [0.05, 0.1) is 6.10 Å². The van der Waals surface area contributed by atoms with E-state index in [1.165, 1.54) is 11.3 Å². The predicted octanol–water partition coefficient (Wildman–Crippen LogP) is 1.97. The molecule has 2 atom stereocenters. The molecule has 3 nitrogen and oxygen atoms in total. The number of aliphatic hydroxyl groups excluding tert-OH is 1. The molecule has 0 spiro atoms. The van der Waals surface area contributed by atoms with Gasteiger partial charge >= 0.3 is 0 Å². The maximum absolute atomic E-state index is 9.96. The summed E-state index contributed by atoms with van der Waals surface area (Å²) in [5.41, 5.74) is 2.63. The Morgan fingerprint density at radius 1 is 1.28 bits per heavy atom. The number of benzene rings is 1. The van der Waals surface area contributed by atoms with Crippen molar-refractivity contribution in [2.45, 2.75) is 38.8 Å². The summed E-state index contributed by atoms with van der Waals surface area (Å²) in [5, 5.41) is 13.3. The molecule has 0 bridgehead atoms. The molecule has 18 heavy (non-hydrogen) atoms. The Kier molecular flexibility index (Phi) is 4.25. The van der Waals surface area contributed by atoms with Crippen LogP contribution in [0.15, 0.2) is 24.3 Å². The third-order valence-corrected chi connectivity index (χ3v) is 3.63. The molecule has 0 amide bonds. The predicted molar refractivity (Wildman–Crippen MR) is 76.2 cm³/mol. The Balaban J connectivity index is 2.33. The third kappa shape index (κ3) is 2.85. The second-order valence-corrected chi connectivity index (χ2v) is 5.53. The van der Waals surface area contributed by atoms with Crippen molar-refractivity contribution in [2.75, 3.05) is 24.5 Å². The molecule has 1 aliphatic heterocycles. The van der Waals surface area contributed by atoms with Crippen molar-refractivity contribution in [1.82, 2.24) is 5.32 Å². The lowest BCUT2D eigenvalue weighted by Gasteiger charge is -2.32. The van der Waals surface area contributed by atoms with Gasteiger partial charge in [-0.05, 0) is 24.5 Å². The zero-order chi connectivity index (χ0) is 13.1.